The Hall–Kier alpha value is -4.17. The maximum absolute atomic E-state index is 14.7. The first-order valence-electron chi connectivity index (χ1n) is 18.0. The Morgan fingerprint density at radius 3 is 2.25 bits per heavy atom. The smallest absolute Gasteiger partial charge is 0.408 e. The van der Waals surface area contributed by atoms with E-state index in [2.05, 4.69) is 21.9 Å². The molecule has 2 aromatic rings. The monoisotopic (exact) mass is 738 g/mol. The topological polar surface area (TPSA) is 169 Å². The van der Waals surface area contributed by atoms with Crippen LogP contribution in [-0.4, -0.2) is 86.9 Å². The summed E-state index contributed by atoms with van der Waals surface area (Å²) in [5.41, 5.74) is -2.79. The summed E-state index contributed by atoms with van der Waals surface area (Å²) in [6.45, 7) is 9.19. The van der Waals surface area contributed by atoms with Crippen molar-refractivity contribution >= 4 is 44.6 Å². The van der Waals surface area contributed by atoms with E-state index in [-0.39, 0.29) is 25.5 Å². The van der Waals surface area contributed by atoms with Gasteiger partial charge in [0.1, 0.15) is 35.1 Å². The van der Waals surface area contributed by atoms with Gasteiger partial charge in [0.2, 0.25) is 21.8 Å². The van der Waals surface area contributed by atoms with Gasteiger partial charge in [-0.3, -0.25) is 19.1 Å². The Bertz CT molecular complexity index is 1870. The molecule has 0 bridgehead atoms. The van der Waals surface area contributed by atoms with Gasteiger partial charge in [-0.15, -0.1) is 6.58 Å². The zero-order valence-electron chi connectivity index (χ0n) is 30.5. The van der Waals surface area contributed by atoms with E-state index in [1.807, 2.05) is 57.2 Å². The number of hydrogen-bond acceptors (Lipinski definition) is 9. The third-order valence-electron chi connectivity index (χ3n) is 11.1. The SMILES string of the molecule is C=CC1C[C@]1(NC(=O)[C@@H]1C[C@@](OC)(c2ccc3cc(OC)ccc3c2)CN1C(=O)[C@@H](NC(=O)OC1CCCC1)C(C)(C)C)C(=O)NS(=O)(=O)C1CC1. The molecule has 0 radical (unpaired) electrons. The van der Waals surface area contributed by atoms with Gasteiger partial charge in [0.15, 0.2) is 0 Å². The van der Waals surface area contributed by atoms with Crippen molar-refractivity contribution in [2.45, 2.75) is 107 Å². The molecule has 4 fully saturated rings. The minimum absolute atomic E-state index is 0.0168. The number of ether oxygens (including phenoxy) is 3. The molecule has 3 N–H and O–H groups in total. The van der Waals surface area contributed by atoms with Gasteiger partial charge in [0.05, 0.1) is 18.9 Å². The fourth-order valence-corrected chi connectivity index (χ4v) is 8.95. The summed E-state index contributed by atoms with van der Waals surface area (Å²) in [7, 11) is -0.784. The molecule has 1 heterocycles. The van der Waals surface area contributed by atoms with E-state index in [0.29, 0.717) is 18.6 Å². The molecule has 5 atom stereocenters. The fourth-order valence-electron chi connectivity index (χ4n) is 7.59. The Morgan fingerprint density at radius 1 is 0.981 bits per heavy atom. The van der Waals surface area contributed by atoms with Crippen LogP contribution in [0.3, 0.4) is 0 Å². The largest absolute Gasteiger partial charge is 0.497 e. The van der Waals surface area contributed by atoms with Crippen LogP contribution in [0.25, 0.3) is 10.8 Å². The Labute approximate surface area is 305 Å². The molecule has 0 spiro atoms. The molecule has 52 heavy (non-hydrogen) atoms. The number of benzene rings is 2. The molecule has 13 nitrogen and oxygen atoms in total. The van der Waals surface area contributed by atoms with E-state index in [0.717, 1.165) is 42.0 Å². The number of methoxy groups -OCH3 is 2. The number of carbonyl (C=O) groups excluding carboxylic acids is 4. The van der Waals surface area contributed by atoms with Crippen molar-refractivity contribution in [3.05, 3.63) is 54.6 Å². The lowest BCUT2D eigenvalue weighted by Crippen LogP contribution is -2.60. The normalized spacial score (nSPS) is 26.8. The molecule has 282 valence electrons. The van der Waals surface area contributed by atoms with E-state index in [1.165, 1.54) is 18.1 Å². The second kappa shape index (κ2) is 14.0. The molecule has 14 heteroatoms. The molecule has 6 rings (SSSR count). The van der Waals surface area contributed by atoms with Gasteiger partial charge in [-0.05, 0) is 84.9 Å². The number of fused-ring (bicyclic) bond motifs is 1. The first kappa shape index (κ1) is 37.6. The van der Waals surface area contributed by atoms with E-state index in [1.54, 1.807) is 7.11 Å². The lowest BCUT2D eigenvalue weighted by atomic mass is 9.85. The molecule has 3 aliphatic carbocycles. The van der Waals surface area contributed by atoms with Crippen molar-refractivity contribution in [1.82, 2.24) is 20.3 Å². The summed E-state index contributed by atoms with van der Waals surface area (Å²) in [5, 5.41) is 6.81. The summed E-state index contributed by atoms with van der Waals surface area (Å²) in [6.07, 6.45) is 5.12. The first-order valence-corrected chi connectivity index (χ1v) is 19.5. The second-order valence-corrected chi connectivity index (χ2v) is 17.7. The molecule has 0 aromatic heterocycles. The number of nitrogens with one attached hydrogen (secondary N) is 3. The van der Waals surface area contributed by atoms with E-state index >= 15 is 0 Å². The van der Waals surface area contributed by atoms with Crippen LogP contribution in [0, 0.1) is 11.3 Å². The Kier molecular flexibility index (Phi) is 10.1. The summed E-state index contributed by atoms with van der Waals surface area (Å²) in [6, 6.07) is 9.18. The van der Waals surface area contributed by atoms with Crippen molar-refractivity contribution in [2.75, 3.05) is 20.8 Å². The van der Waals surface area contributed by atoms with Gasteiger partial charge in [-0.1, -0.05) is 45.0 Å². The quantitative estimate of drug-likeness (QED) is 0.272. The zero-order chi connectivity index (χ0) is 37.6. The first-order chi connectivity index (χ1) is 24.6. The predicted octanol–water partition coefficient (Wildman–Crippen LogP) is 4.04. The third-order valence-corrected chi connectivity index (χ3v) is 12.9. The van der Waals surface area contributed by atoms with Gasteiger partial charge in [0.25, 0.3) is 5.91 Å². The number of alkyl carbamates (subject to hydrolysis) is 1. The molecule has 4 aliphatic rings. The minimum atomic E-state index is -3.90. The van der Waals surface area contributed by atoms with E-state index in [9.17, 15) is 27.6 Å². The average Bonchev–Trinajstić information content (AvgIpc) is 3.99. The number of likely N-dealkylation sites (tertiary alicyclic amines) is 1. The van der Waals surface area contributed by atoms with E-state index < -0.39 is 73.6 Å². The molecule has 2 aromatic carbocycles. The molecule has 1 saturated heterocycles. The number of sulfonamides is 1. The van der Waals surface area contributed by atoms with Crippen LogP contribution in [0.5, 0.6) is 5.75 Å². The highest BCUT2D eigenvalue weighted by Crippen LogP contribution is 2.47. The molecule has 1 unspecified atom stereocenters. The van der Waals surface area contributed by atoms with Crippen molar-refractivity contribution in [2.24, 2.45) is 11.3 Å². The van der Waals surface area contributed by atoms with Gasteiger partial charge >= 0.3 is 6.09 Å². The lowest BCUT2D eigenvalue weighted by Gasteiger charge is -2.36. The highest BCUT2D eigenvalue weighted by atomic mass is 32.2. The molecular weight excluding hydrogens is 689 g/mol. The number of nitrogens with zero attached hydrogens (tertiary/aromatic N) is 1. The van der Waals surface area contributed by atoms with Crippen LogP contribution in [0.2, 0.25) is 0 Å². The third kappa shape index (κ3) is 7.36. The second-order valence-electron chi connectivity index (χ2n) is 15.7. The summed E-state index contributed by atoms with van der Waals surface area (Å²) >= 11 is 0. The van der Waals surface area contributed by atoms with Crippen molar-refractivity contribution in [3.8, 4) is 5.75 Å². The van der Waals surface area contributed by atoms with Gasteiger partial charge < -0.3 is 29.7 Å². The van der Waals surface area contributed by atoms with Crippen LogP contribution in [0.15, 0.2) is 49.1 Å². The van der Waals surface area contributed by atoms with Crippen molar-refractivity contribution in [1.29, 1.82) is 0 Å². The van der Waals surface area contributed by atoms with Crippen LogP contribution < -0.4 is 20.1 Å². The lowest BCUT2D eigenvalue weighted by molar-refractivity contribution is -0.143. The molecule has 4 amide bonds. The maximum atomic E-state index is 14.7. The van der Waals surface area contributed by atoms with Crippen LogP contribution >= 0.6 is 0 Å². The highest BCUT2D eigenvalue weighted by molar-refractivity contribution is 7.91. The van der Waals surface area contributed by atoms with Crippen LogP contribution in [0.4, 0.5) is 4.79 Å². The Balaban J connectivity index is 1.34. The molecule has 3 saturated carbocycles. The summed E-state index contributed by atoms with van der Waals surface area (Å²) in [4.78, 5) is 57.3. The Morgan fingerprint density at radius 2 is 1.65 bits per heavy atom. The zero-order valence-corrected chi connectivity index (χ0v) is 31.3. The minimum Gasteiger partial charge on any atom is -0.497 e. The fraction of sp³-hybridized carbons (Fsp3) is 0.579. The highest BCUT2D eigenvalue weighted by Gasteiger charge is 2.62. The van der Waals surface area contributed by atoms with E-state index in [4.69, 9.17) is 14.2 Å². The predicted molar refractivity (Wildman–Crippen MR) is 194 cm³/mol. The maximum Gasteiger partial charge on any atom is 0.408 e. The number of hydrogen-bond donors (Lipinski definition) is 3. The van der Waals surface area contributed by atoms with Gasteiger partial charge in [-0.25, -0.2) is 13.2 Å². The summed E-state index contributed by atoms with van der Waals surface area (Å²) in [5.74, 6) is -1.83. The van der Waals surface area contributed by atoms with Gasteiger partial charge in [-0.2, -0.15) is 0 Å². The van der Waals surface area contributed by atoms with Crippen LogP contribution in [-0.2, 0) is 39.5 Å². The number of amides is 4. The standard InChI is InChI=1S/C38H50N4O9S/c1-7-25-20-38(25,34(45)41-52(47,48)29-16-17-29)40-32(43)30-21-37(50-6,26-14-12-24-19-28(49-5)15-13-23(24)18-26)22-42(30)33(44)31(36(2,3)4)39-35(46)51-27-10-8-9-11-27/h7,12-15,18-19,25,27,29-31H,1,8-11,16-17,20-22H2,2-6H3,(H,39,46)(H,40,43)(H,41,45)/t25?,30-,31+,37-,38+/m0/s1. The number of carbonyl (C=O) groups is 4. The summed E-state index contributed by atoms with van der Waals surface area (Å²) < 4.78 is 44.9. The van der Waals surface area contributed by atoms with Crippen molar-refractivity contribution < 1.29 is 41.8 Å². The van der Waals surface area contributed by atoms with Crippen molar-refractivity contribution in [3.63, 3.8) is 0 Å². The average molecular weight is 739 g/mol. The van der Waals surface area contributed by atoms with Crippen LogP contribution in [0.1, 0.15) is 77.7 Å². The molecule has 1 aliphatic heterocycles. The number of rotatable bonds is 12. The van der Waals surface area contributed by atoms with Gasteiger partial charge in [0, 0.05) is 19.4 Å². The molecular formula is C38H50N4O9S.